The molecule has 0 radical (unpaired) electrons. The van der Waals surface area contributed by atoms with Crippen LogP contribution in [0.25, 0.3) is 10.1 Å². The Kier molecular flexibility index (Phi) is 7.81. The maximum Gasteiger partial charge on any atom is 0.237 e. The van der Waals surface area contributed by atoms with Crippen molar-refractivity contribution in [1.82, 2.24) is 0 Å². The average molecular weight is 415 g/mol. The molecule has 0 N–H and O–H groups in total. The van der Waals surface area contributed by atoms with E-state index in [4.69, 9.17) is 0 Å². The van der Waals surface area contributed by atoms with Gasteiger partial charge in [0.1, 0.15) is 0 Å². The number of aromatic nitrogens is 1. The zero-order valence-electron chi connectivity index (χ0n) is 17.4. The maximum absolute atomic E-state index is 13.2. The average Bonchev–Trinajstić information content (AvgIpc) is 3.24. The number of unbranched alkanes of at least 4 members (excludes halogenated alkanes) is 4. The second kappa shape index (κ2) is 10.3. The zero-order chi connectivity index (χ0) is 19.9. The molecule has 0 aliphatic rings. The number of hydrogen-bond acceptors (Lipinski definition) is 3. The lowest BCUT2D eigenvalue weighted by Gasteiger charge is -2.03. The highest BCUT2D eigenvalue weighted by Crippen LogP contribution is 2.31. The fourth-order valence-corrected chi connectivity index (χ4v) is 6.00. The van der Waals surface area contributed by atoms with E-state index < -0.39 is 0 Å². The molecule has 1 aromatic carbocycles. The van der Waals surface area contributed by atoms with Gasteiger partial charge >= 0.3 is 0 Å². The molecule has 0 saturated carbocycles. The van der Waals surface area contributed by atoms with Crippen LogP contribution in [0.15, 0.2) is 29.8 Å². The topological polar surface area (TPSA) is 20.9 Å². The van der Waals surface area contributed by atoms with E-state index in [-0.39, 0.29) is 5.78 Å². The van der Waals surface area contributed by atoms with Crippen molar-refractivity contribution in [3.63, 3.8) is 0 Å². The van der Waals surface area contributed by atoms with Crippen LogP contribution in [0.5, 0.6) is 0 Å². The van der Waals surface area contributed by atoms with Gasteiger partial charge in [-0.3, -0.25) is 4.79 Å². The molecule has 0 amide bonds. The number of nitrogens with zero attached hydrogens (tertiary/aromatic N) is 1. The lowest BCUT2D eigenvalue weighted by Crippen LogP contribution is -2.40. The Morgan fingerprint density at radius 3 is 2.43 bits per heavy atom. The number of carbonyl (C=O) groups excluding carboxylic acids is 1. The Morgan fingerprint density at radius 2 is 1.71 bits per heavy atom. The van der Waals surface area contributed by atoms with Crippen molar-refractivity contribution >= 4 is 38.5 Å². The van der Waals surface area contributed by atoms with E-state index in [9.17, 15) is 4.79 Å². The molecule has 150 valence electrons. The summed E-state index contributed by atoms with van der Waals surface area (Å²) in [6, 6.07) is 8.34. The Hall–Kier alpha value is -1.52. The Morgan fingerprint density at radius 1 is 1.00 bits per heavy atom. The van der Waals surface area contributed by atoms with Gasteiger partial charge in [0.2, 0.25) is 17.8 Å². The predicted octanol–water partition coefficient (Wildman–Crippen LogP) is 6.91. The molecule has 0 saturated heterocycles. The Bertz CT molecular complexity index is 922. The molecule has 2 aromatic heterocycles. The van der Waals surface area contributed by atoms with Crippen LogP contribution in [-0.4, -0.2) is 5.78 Å². The van der Waals surface area contributed by atoms with E-state index in [2.05, 4.69) is 55.1 Å². The molecule has 2 heterocycles. The summed E-state index contributed by atoms with van der Waals surface area (Å²) in [5, 5.41) is 1.22. The molecule has 3 aromatic rings. The van der Waals surface area contributed by atoms with Crippen LogP contribution >= 0.6 is 22.7 Å². The summed E-state index contributed by atoms with van der Waals surface area (Å²) in [6.07, 6.45) is 9.74. The first-order valence-corrected chi connectivity index (χ1v) is 12.3. The molecular weight excluding hydrogens is 382 g/mol. The number of ketones is 1. The molecule has 3 rings (SSSR count). The largest absolute Gasteiger partial charge is 0.286 e. The minimum absolute atomic E-state index is 0.248. The Balaban J connectivity index is 1.81. The molecule has 0 unspecified atom stereocenters. The maximum atomic E-state index is 13.2. The van der Waals surface area contributed by atoms with Gasteiger partial charge in [-0.05, 0) is 43.2 Å². The summed E-state index contributed by atoms with van der Waals surface area (Å²) < 4.78 is 3.45. The van der Waals surface area contributed by atoms with Crippen LogP contribution in [-0.2, 0) is 19.4 Å². The fourth-order valence-electron chi connectivity index (χ4n) is 3.78. The summed E-state index contributed by atoms with van der Waals surface area (Å²) in [7, 11) is 0. The van der Waals surface area contributed by atoms with E-state index in [0.717, 1.165) is 23.3 Å². The number of rotatable bonds is 11. The van der Waals surface area contributed by atoms with E-state index in [1.54, 1.807) is 11.3 Å². The standard InChI is InChI=1S/C24H32NOS2/c1-4-6-8-13-20-23(15-9-7-5-2)27-17-25(20)16-21(26)24-18(3)19-12-10-11-14-22(19)28-24/h10-12,14,17H,4-9,13,15-16H2,1-3H3/q+1. The number of hydrogen-bond donors (Lipinski definition) is 0. The minimum Gasteiger partial charge on any atom is -0.286 e. The van der Waals surface area contributed by atoms with Crippen LogP contribution in [0.4, 0.5) is 0 Å². The van der Waals surface area contributed by atoms with Gasteiger partial charge in [0.15, 0.2) is 5.69 Å². The van der Waals surface area contributed by atoms with Crippen molar-refractivity contribution < 1.29 is 9.36 Å². The molecule has 2 nitrogen and oxygen atoms in total. The molecule has 28 heavy (non-hydrogen) atoms. The van der Waals surface area contributed by atoms with Crippen molar-refractivity contribution in [2.24, 2.45) is 0 Å². The van der Waals surface area contributed by atoms with Crippen LogP contribution in [0.1, 0.15) is 78.2 Å². The number of thiazole rings is 1. The van der Waals surface area contributed by atoms with Gasteiger partial charge in [0, 0.05) is 11.1 Å². The second-order valence-electron chi connectivity index (χ2n) is 7.61. The lowest BCUT2D eigenvalue weighted by atomic mass is 10.1. The number of Topliss-reactive ketones (excluding diaryl/α,β-unsaturated/α-hetero) is 1. The molecule has 0 bridgehead atoms. The molecule has 0 atom stereocenters. The molecule has 4 heteroatoms. The van der Waals surface area contributed by atoms with Crippen molar-refractivity contribution in [3.05, 3.63) is 50.8 Å². The van der Waals surface area contributed by atoms with Crippen molar-refractivity contribution in [3.8, 4) is 0 Å². The van der Waals surface area contributed by atoms with E-state index >= 15 is 0 Å². The highest BCUT2D eigenvalue weighted by Gasteiger charge is 2.24. The first kappa shape index (κ1) is 21.2. The van der Waals surface area contributed by atoms with E-state index in [1.807, 2.05) is 11.3 Å². The zero-order valence-corrected chi connectivity index (χ0v) is 19.1. The molecule has 0 fully saturated rings. The number of aryl methyl sites for hydroxylation is 2. The number of thiophene rings is 1. The van der Waals surface area contributed by atoms with Gasteiger partial charge in [0.05, 0.1) is 9.75 Å². The van der Waals surface area contributed by atoms with Gasteiger partial charge in [-0.25, -0.2) is 0 Å². The Labute approximate surface area is 177 Å². The van der Waals surface area contributed by atoms with E-state index in [0.29, 0.717) is 6.54 Å². The third-order valence-electron chi connectivity index (χ3n) is 5.43. The van der Waals surface area contributed by atoms with Crippen LogP contribution < -0.4 is 4.57 Å². The summed E-state index contributed by atoms with van der Waals surface area (Å²) in [6.45, 7) is 7.06. The number of carbonyl (C=O) groups is 1. The third-order valence-corrected chi connectivity index (χ3v) is 7.82. The van der Waals surface area contributed by atoms with Gasteiger partial charge in [-0.2, -0.15) is 4.57 Å². The fraction of sp³-hybridized carbons (Fsp3) is 0.500. The van der Waals surface area contributed by atoms with Gasteiger partial charge in [-0.15, -0.1) is 11.3 Å². The molecule has 0 aliphatic heterocycles. The van der Waals surface area contributed by atoms with Gasteiger partial charge in [0.25, 0.3) is 0 Å². The summed E-state index contributed by atoms with van der Waals surface area (Å²) in [5.41, 5.74) is 4.72. The summed E-state index contributed by atoms with van der Waals surface area (Å²) in [5.74, 6) is 0.248. The monoisotopic (exact) mass is 414 g/mol. The highest BCUT2D eigenvalue weighted by atomic mass is 32.1. The summed E-state index contributed by atoms with van der Waals surface area (Å²) in [4.78, 5) is 15.6. The first-order valence-electron chi connectivity index (χ1n) is 10.7. The van der Waals surface area contributed by atoms with E-state index in [1.165, 1.54) is 59.2 Å². The quantitative estimate of drug-likeness (QED) is 0.190. The van der Waals surface area contributed by atoms with Gasteiger partial charge < -0.3 is 0 Å². The van der Waals surface area contributed by atoms with Crippen LogP contribution in [0.3, 0.4) is 0 Å². The number of benzene rings is 1. The smallest absolute Gasteiger partial charge is 0.237 e. The normalized spacial score (nSPS) is 11.4. The number of fused-ring (bicyclic) bond motifs is 1. The highest BCUT2D eigenvalue weighted by molar-refractivity contribution is 7.21. The first-order chi connectivity index (χ1) is 13.7. The van der Waals surface area contributed by atoms with Gasteiger partial charge in [-0.1, -0.05) is 69.1 Å². The molecule has 0 aliphatic carbocycles. The second-order valence-corrected chi connectivity index (χ2v) is 9.60. The predicted molar refractivity (Wildman–Crippen MR) is 122 cm³/mol. The molecule has 0 spiro atoms. The van der Waals surface area contributed by atoms with Crippen molar-refractivity contribution in [1.29, 1.82) is 0 Å². The van der Waals surface area contributed by atoms with Crippen LogP contribution in [0, 0.1) is 6.92 Å². The third kappa shape index (κ3) is 4.90. The van der Waals surface area contributed by atoms with Crippen LogP contribution in [0.2, 0.25) is 0 Å². The molecular formula is C24H32NOS2+. The lowest BCUT2D eigenvalue weighted by molar-refractivity contribution is -0.686. The van der Waals surface area contributed by atoms with Crippen molar-refractivity contribution in [2.45, 2.75) is 78.7 Å². The minimum atomic E-state index is 0.248. The van der Waals surface area contributed by atoms with Crippen molar-refractivity contribution in [2.75, 3.05) is 0 Å². The summed E-state index contributed by atoms with van der Waals surface area (Å²) >= 11 is 3.49. The SMILES string of the molecule is CCCCCc1sc[n+](CC(=O)c2sc3ccccc3c2C)c1CCCCC.